The van der Waals surface area contributed by atoms with Gasteiger partial charge < -0.3 is 14.4 Å². The number of hydrogen-bond acceptors (Lipinski definition) is 5. The fraction of sp³-hybridized carbons (Fsp3) is 0.435. The van der Waals surface area contributed by atoms with Crippen LogP contribution in [0.25, 0.3) is 0 Å². The van der Waals surface area contributed by atoms with Gasteiger partial charge >= 0.3 is 0 Å². The SMILES string of the molecule is CC1CN(C(=O)c2ccc(S(=O)(=O)NCC3CCCO3)cc2)CC(c2ccccc2)O1. The summed E-state index contributed by atoms with van der Waals surface area (Å²) >= 11 is 0. The number of ether oxygens (including phenoxy) is 2. The third-order valence-corrected chi connectivity index (χ3v) is 7.09. The molecule has 7 nitrogen and oxygen atoms in total. The number of benzene rings is 2. The third-order valence-electron chi connectivity index (χ3n) is 5.66. The van der Waals surface area contributed by atoms with E-state index in [9.17, 15) is 13.2 Å². The van der Waals surface area contributed by atoms with E-state index in [1.54, 1.807) is 17.0 Å². The summed E-state index contributed by atoms with van der Waals surface area (Å²) < 4.78 is 39.2. The number of morpholine rings is 1. The molecular formula is C23H28N2O5S. The van der Waals surface area contributed by atoms with Gasteiger partial charge in [-0.25, -0.2) is 13.1 Å². The second kappa shape index (κ2) is 9.48. The lowest BCUT2D eigenvalue weighted by atomic mass is 10.1. The molecule has 8 heteroatoms. The van der Waals surface area contributed by atoms with Gasteiger partial charge in [-0.2, -0.15) is 0 Å². The molecule has 2 aliphatic rings. The zero-order chi connectivity index (χ0) is 21.8. The topological polar surface area (TPSA) is 84.9 Å². The normalized spacial score (nSPS) is 24.3. The van der Waals surface area contributed by atoms with E-state index in [0.29, 0.717) is 25.3 Å². The first kappa shape index (κ1) is 22.0. The van der Waals surface area contributed by atoms with Crippen molar-refractivity contribution in [2.45, 2.75) is 43.0 Å². The second-order valence-corrected chi connectivity index (χ2v) is 9.83. The number of hydrogen-bond donors (Lipinski definition) is 1. The molecule has 0 aromatic heterocycles. The Balaban J connectivity index is 1.42. The lowest BCUT2D eigenvalue weighted by Gasteiger charge is -2.37. The van der Waals surface area contributed by atoms with E-state index < -0.39 is 10.0 Å². The van der Waals surface area contributed by atoms with Crippen LogP contribution in [0.5, 0.6) is 0 Å². The molecule has 2 fully saturated rings. The zero-order valence-electron chi connectivity index (χ0n) is 17.6. The molecule has 1 N–H and O–H groups in total. The molecule has 0 radical (unpaired) electrons. The minimum absolute atomic E-state index is 0.0727. The zero-order valence-corrected chi connectivity index (χ0v) is 18.4. The maximum atomic E-state index is 13.1. The predicted molar refractivity (Wildman–Crippen MR) is 116 cm³/mol. The Bertz CT molecular complexity index is 988. The van der Waals surface area contributed by atoms with Gasteiger partial charge in [-0.1, -0.05) is 30.3 Å². The summed E-state index contributed by atoms with van der Waals surface area (Å²) in [6.07, 6.45) is 1.46. The summed E-state index contributed by atoms with van der Waals surface area (Å²) in [6.45, 7) is 3.83. The Kier molecular flexibility index (Phi) is 6.71. The van der Waals surface area contributed by atoms with E-state index >= 15 is 0 Å². The van der Waals surface area contributed by atoms with Crippen LogP contribution in [-0.4, -0.2) is 57.7 Å². The van der Waals surface area contributed by atoms with Crippen LogP contribution in [0.2, 0.25) is 0 Å². The molecule has 3 atom stereocenters. The average molecular weight is 445 g/mol. The molecule has 0 saturated carbocycles. The summed E-state index contributed by atoms with van der Waals surface area (Å²) in [6, 6.07) is 15.9. The molecule has 0 aliphatic carbocycles. The van der Waals surface area contributed by atoms with Crippen molar-refractivity contribution in [1.29, 1.82) is 0 Å². The monoisotopic (exact) mass is 444 g/mol. The van der Waals surface area contributed by atoms with Gasteiger partial charge in [0.05, 0.1) is 23.6 Å². The third kappa shape index (κ3) is 5.33. The number of nitrogens with one attached hydrogen (secondary N) is 1. The van der Waals surface area contributed by atoms with Crippen LogP contribution in [0.15, 0.2) is 59.5 Å². The fourth-order valence-electron chi connectivity index (χ4n) is 4.02. The molecule has 0 spiro atoms. The van der Waals surface area contributed by atoms with Gasteiger partial charge in [0.15, 0.2) is 0 Å². The summed E-state index contributed by atoms with van der Waals surface area (Å²) in [5.41, 5.74) is 1.49. The maximum Gasteiger partial charge on any atom is 0.254 e. The smallest absolute Gasteiger partial charge is 0.254 e. The molecule has 2 saturated heterocycles. The van der Waals surface area contributed by atoms with Gasteiger partial charge in [-0.05, 0) is 49.6 Å². The summed E-state index contributed by atoms with van der Waals surface area (Å²) in [4.78, 5) is 15.0. The Morgan fingerprint density at radius 2 is 1.84 bits per heavy atom. The van der Waals surface area contributed by atoms with Gasteiger partial charge in [0.2, 0.25) is 10.0 Å². The van der Waals surface area contributed by atoms with Crippen LogP contribution in [-0.2, 0) is 19.5 Å². The van der Waals surface area contributed by atoms with E-state index in [-0.39, 0.29) is 35.7 Å². The van der Waals surface area contributed by atoms with Crippen molar-refractivity contribution in [2.75, 3.05) is 26.2 Å². The van der Waals surface area contributed by atoms with E-state index in [4.69, 9.17) is 9.47 Å². The molecule has 2 aromatic rings. The lowest BCUT2D eigenvalue weighted by Crippen LogP contribution is -2.46. The number of nitrogens with zero attached hydrogens (tertiary/aromatic N) is 1. The second-order valence-electron chi connectivity index (χ2n) is 8.07. The summed E-state index contributed by atoms with van der Waals surface area (Å²) in [7, 11) is -3.64. The van der Waals surface area contributed by atoms with E-state index in [0.717, 1.165) is 18.4 Å². The fourth-order valence-corrected chi connectivity index (χ4v) is 5.09. The Hall–Kier alpha value is -2.26. The largest absolute Gasteiger partial charge is 0.377 e. The van der Waals surface area contributed by atoms with Crippen LogP contribution in [0, 0.1) is 0 Å². The molecule has 3 unspecified atom stereocenters. The van der Waals surface area contributed by atoms with Crippen LogP contribution in [0.1, 0.15) is 41.8 Å². The quantitative estimate of drug-likeness (QED) is 0.741. The van der Waals surface area contributed by atoms with Crippen molar-refractivity contribution < 1.29 is 22.7 Å². The maximum absolute atomic E-state index is 13.1. The highest BCUT2D eigenvalue weighted by Crippen LogP contribution is 2.26. The standard InChI is InChI=1S/C23H28N2O5S/c1-17-15-25(16-22(30-17)18-6-3-2-4-7-18)23(26)19-9-11-21(12-10-19)31(27,28)24-14-20-8-5-13-29-20/h2-4,6-7,9-12,17,20,22,24H,5,8,13-16H2,1H3. The van der Waals surface area contributed by atoms with Crippen LogP contribution >= 0.6 is 0 Å². The molecular weight excluding hydrogens is 416 g/mol. The first-order valence-corrected chi connectivity index (χ1v) is 12.1. The van der Waals surface area contributed by atoms with Gasteiger partial charge in [0.25, 0.3) is 5.91 Å². The molecule has 0 bridgehead atoms. The van der Waals surface area contributed by atoms with E-state index in [2.05, 4.69) is 4.72 Å². The number of rotatable bonds is 6. The number of carbonyl (C=O) groups excluding carboxylic acids is 1. The van der Waals surface area contributed by atoms with Crippen LogP contribution in [0.3, 0.4) is 0 Å². The van der Waals surface area contributed by atoms with E-state index in [1.807, 2.05) is 37.3 Å². The highest BCUT2D eigenvalue weighted by atomic mass is 32.2. The molecule has 166 valence electrons. The average Bonchev–Trinajstić information content (AvgIpc) is 3.31. The minimum atomic E-state index is -3.64. The highest BCUT2D eigenvalue weighted by Gasteiger charge is 2.30. The molecule has 2 heterocycles. The molecule has 31 heavy (non-hydrogen) atoms. The number of amides is 1. The molecule has 4 rings (SSSR count). The van der Waals surface area contributed by atoms with Crippen molar-refractivity contribution >= 4 is 15.9 Å². The first-order valence-electron chi connectivity index (χ1n) is 10.6. The summed E-state index contributed by atoms with van der Waals surface area (Å²) in [5, 5.41) is 0. The minimum Gasteiger partial charge on any atom is -0.377 e. The van der Waals surface area contributed by atoms with Gasteiger partial charge in [0.1, 0.15) is 6.10 Å². The Labute approximate surface area is 183 Å². The Morgan fingerprint density at radius 3 is 2.52 bits per heavy atom. The summed E-state index contributed by atoms with van der Waals surface area (Å²) in [5.74, 6) is -0.132. The molecule has 2 aliphatic heterocycles. The van der Waals surface area contributed by atoms with Gasteiger partial charge in [-0.3, -0.25) is 4.79 Å². The first-order chi connectivity index (χ1) is 14.9. The van der Waals surface area contributed by atoms with Crippen molar-refractivity contribution in [3.8, 4) is 0 Å². The number of carbonyl (C=O) groups is 1. The molecule has 2 aromatic carbocycles. The van der Waals surface area contributed by atoms with Crippen LogP contribution in [0.4, 0.5) is 0 Å². The van der Waals surface area contributed by atoms with Crippen LogP contribution < -0.4 is 4.72 Å². The van der Waals surface area contributed by atoms with Crippen molar-refractivity contribution in [3.63, 3.8) is 0 Å². The van der Waals surface area contributed by atoms with E-state index in [1.165, 1.54) is 12.1 Å². The molecule has 1 amide bonds. The highest BCUT2D eigenvalue weighted by molar-refractivity contribution is 7.89. The predicted octanol–water partition coefficient (Wildman–Crippen LogP) is 2.75. The van der Waals surface area contributed by atoms with Gasteiger partial charge in [0, 0.05) is 25.3 Å². The van der Waals surface area contributed by atoms with Crippen molar-refractivity contribution in [3.05, 3.63) is 65.7 Å². The van der Waals surface area contributed by atoms with Gasteiger partial charge in [-0.15, -0.1) is 0 Å². The Morgan fingerprint density at radius 1 is 1.10 bits per heavy atom. The lowest BCUT2D eigenvalue weighted by molar-refractivity contribution is -0.0691. The number of sulfonamides is 1. The van der Waals surface area contributed by atoms with Crippen molar-refractivity contribution in [1.82, 2.24) is 9.62 Å². The van der Waals surface area contributed by atoms with Crippen molar-refractivity contribution in [2.24, 2.45) is 0 Å².